The van der Waals surface area contributed by atoms with E-state index in [0.29, 0.717) is 43.9 Å². The molecule has 0 atom stereocenters. The molecule has 25 heavy (non-hydrogen) atoms. The van der Waals surface area contributed by atoms with Gasteiger partial charge in [0.2, 0.25) is 0 Å². The number of nitrogens with zero attached hydrogens (tertiary/aromatic N) is 2. The molecule has 0 spiro atoms. The molecule has 1 N–H and O–H groups in total. The number of carbonyl (C=O) groups is 1. The number of ether oxygens (including phenoxy) is 2. The normalized spacial score (nSPS) is 17.7. The molecule has 1 fully saturated rings. The van der Waals surface area contributed by atoms with E-state index in [-0.39, 0.29) is 18.0 Å². The number of aliphatic imine (C=N–C) groups is 1. The van der Waals surface area contributed by atoms with Crippen LogP contribution in [0.4, 0.5) is 14.9 Å². The summed E-state index contributed by atoms with van der Waals surface area (Å²) in [6.07, 6.45) is 2.57. The van der Waals surface area contributed by atoms with Crippen LogP contribution in [0, 0.1) is 5.82 Å². The van der Waals surface area contributed by atoms with Crippen molar-refractivity contribution in [2.75, 3.05) is 18.4 Å². The zero-order valence-electron chi connectivity index (χ0n) is 14.8. The molecule has 1 aromatic rings. The van der Waals surface area contributed by atoms with Crippen LogP contribution >= 0.6 is 0 Å². The second-order valence-electron chi connectivity index (χ2n) is 7.33. The van der Waals surface area contributed by atoms with E-state index in [0.717, 1.165) is 5.56 Å². The molecule has 3 rings (SSSR count). The number of rotatable bonds is 2. The lowest BCUT2D eigenvalue weighted by Gasteiger charge is -2.34. The first-order chi connectivity index (χ1) is 11.8. The lowest BCUT2D eigenvalue weighted by Crippen LogP contribution is -2.44. The van der Waals surface area contributed by atoms with E-state index in [1.54, 1.807) is 11.2 Å². The zero-order valence-corrected chi connectivity index (χ0v) is 14.8. The maximum Gasteiger partial charge on any atom is 0.410 e. The highest BCUT2D eigenvalue weighted by Gasteiger charge is 2.28. The van der Waals surface area contributed by atoms with Gasteiger partial charge in [-0.05, 0) is 26.8 Å². The van der Waals surface area contributed by atoms with E-state index in [2.05, 4.69) is 10.3 Å². The van der Waals surface area contributed by atoms with Crippen molar-refractivity contribution in [3.8, 4) is 5.75 Å². The molecule has 136 valence electrons. The molecule has 1 amide bonds. The Kier molecular flexibility index (Phi) is 4.83. The van der Waals surface area contributed by atoms with E-state index in [4.69, 9.17) is 9.47 Å². The fourth-order valence-corrected chi connectivity index (χ4v) is 2.92. The third kappa shape index (κ3) is 4.41. The summed E-state index contributed by atoms with van der Waals surface area (Å²) in [5.74, 6) is 0.179. The number of nitrogens with one attached hydrogen (secondary N) is 1. The number of piperidine rings is 1. The molecular weight excluding hydrogens is 325 g/mol. The number of hydrogen-bond acceptors (Lipinski definition) is 5. The summed E-state index contributed by atoms with van der Waals surface area (Å²) in [4.78, 5) is 18.0. The molecule has 0 aliphatic carbocycles. The highest BCUT2D eigenvalue weighted by Crippen LogP contribution is 2.32. The van der Waals surface area contributed by atoms with Crippen LogP contribution in [-0.2, 0) is 11.3 Å². The minimum Gasteiger partial charge on any atom is -0.490 e. The molecule has 0 bridgehead atoms. The second-order valence-corrected chi connectivity index (χ2v) is 7.33. The van der Waals surface area contributed by atoms with Crippen molar-refractivity contribution in [1.82, 2.24) is 4.90 Å². The van der Waals surface area contributed by atoms with Gasteiger partial charge in [0, 0.05) is 37.6 Å². The number of halogens is 1. The SMILES string of the molecule is CC(C)(C)OC(=O)N1CCC(Oc2cc(F)cc3c2CN=CN3)CC1. The summed E-state index contributed by atoms with van der Waals surface area (Å²) in [7, 11) is 0. The number of hydrogen-bond donors (Lipinski definition) is 1. The van der Waals surface area contributed by atoms with Gasteiger partial charge >= 0.3 is 6.09 Å². The van der Waals surface area contributed by atoms with Crippen LogP contribution in [0.3, 0.4) is 0 Å². The van der Waals surface area contributed by atoms with Crippen LogP contribution < -0.4 is 10.1 Å². The van der Waals surface area contributed by atoms with E-state index < -0.39 is 5.60 Å². The van der Waals surface area contributed by atoms with Gasteiger partial charge in [-0.15, -0.1) is 0 Å². The number of likely N-dealkylation sites (tertiary alicyclic amines) is 1. The minimum atomic E-state index is -0.501. The highest BCUT2D eigenvalue weighted by molar-refractivity contribution is 5.80. The molecule has 1 aromatic carbocycles. The predicted octanol–water partition coefficient (Wildman–Crippen LogP) is 3.56. The Hall–Kier alpha value is -2.31. The minimum absolute atomic E-state index is 0.0597. The fourth-order valence-electron chi connectivity index (χ4n) is 2.92. The Balaban J connectivity index is 1.60. The summed E-state index contributed by atoms with van der Waals surface area (Å²) in [6, 6.07) is 2.85. The van der Waals surface area contributed by atoms with Crippen molar-refractivity contribution in [3.63, 3.8) is 0 Å². The third-order valence-corrected chi connectivity index (χ3v) is 4.12. The van der Waals surface area contributed by atoms with E-state index >= 15 is 0 Å². The molecule has 6 nitrogen and oxygen atoms in total. The molecule has 1 saturated heterocycles. The van der Waals surface area contributed by atoms with Crippen LogP contribution in [0.25, 0.3) is 0 Å². The van der Waals surface area contributed by atoms with Gasteiger partial charge in [0.05, 0.1) is 18.6 Å². The van der Waals surface area contributed by atoms with Crippen LogP contribution in [0.15, 0.2) is 17.1 Å². The monoisotopic (exact) mass is 349 g/mol. The zero-order chi connectivity index (χ0) is 18.0. The summed E-state index contributed by atoms with van der Waals surface area (Å²) < 4.78 is 25.2. The molecule has 2 aliphatic rings. The highest BCUT2D eigenvalue weighted by atomic mass is 19.1. The van der Waals surface area contributed by atoms with Crippen molar-refractivity contribution >= 4 is 18.1 Å². The Bertz CT molecular complexity index is 677. The van der Waals surface area contributed by atoms with Gasteiger partial charge < -0.3 is 19.7 Å². The first-order valence-corrected chi connectivity index (χ1v) is 8.54. The Labute approximate surface area is 147 Å². The molecule has 0 unspecified atom stereocenters. The average Bonchev–Trinajstić information content (AvgIpc) is 2.53. The van der Waals surface area contributed by atoms with Gasteiger partial charge in [0.15, 0.2) is 0 Å². The second kappa shape index (κ2) is 6.90. The first-order valence-electron chi connectivity index (χ1n) is 8.54. The molecule has 0 aromatic heterocycles. The van der Waals surface area contributed by atoms with Gasteiger partial charge in [-0.2, -0.15) is 0 Å². The van der Waals surface area contributed by atoms with Crippen molar-refractivity contribution in [3.05, 3.63) is 23.5 Å². The van der Waals surface area contributed by atoms with Crippen LogP contribution in [-0.4, -0.2) is 42.1 Å². The largest absolute Gasteiger partial charge is 0.490 e. The molecular formula is C18H24FN3O3. The summed E-state index contributed by atoms with van der Waals surface area (Å²) in [5, 5.41) is 2.94. The summed E-state index contributed by atoms with van der Waals surface area (Å²) in [5.41, 5.74) is 1.05. The lowest BCUT2D eigenvalue weighted by atomic mass is 10.1. The third-order valence-electron chi connectivity index (χ3n) is 4.12. The van der Waals surface area contributed by atoms with E-state index in [9.17, 15) is 9.18 Å². The van der Waals surface area contributed by atoms with Crippen molar-refractivity contribution in [2.45, 2.75) is 51.9 Å². The van der Waals surface area contributed by atoms with Crippen LogP contribution in [0.2, 0.25) is 0 Å². The lowest BCUT2D eigenvalue weighted by molar-refractivity contribution is 0.0126. The number of amides is 1. The van der Waals surface area contributed by atoms with Crippen molar-refractivity contribution in [2.24, 2.45) is 4.99 Å². The maximum atomic E-state index is 13.8. The van der Waals surface area contributed by atoms with Gasteiger partial charge in [0.1, 0.15) is 23.3 Å². The number of anilines is 1. The Morgan fingerprint density at radius 2 is 2.04 bits per heavy atom. The number of carbonyl (C=O) groups excluding carboxylic acids is 1. The summed E-state index contributed by atoms with van der Waals surface area (Å²) >= 11 is 0. The first kappa shape index (κ1) is 17.5. The fraction of sp³-hybridized carbons (Fsp3) is 0.556. The smallest absolute Gasteiger partial charge is 0.410 e. The van der Waals surface area contributed by atoms with Crippen molar-refractivity contribution in [1.29, 1.82) is 0 Å². The molecule has 0 radical (unpaired) electrons. The van der Waals surface area contributed by atoms with Crippen LogP contribution in [0.1, 0.15) is 39.2 Å². The summed E-state index contributed by atoms with van der Waals surface area (Å²) in [6.45, 7) is 7.15. The van der Waals surface area contributed by atoms with E-state index in [1.165, 1.54) is 12.1 Å². The average molecular weight is 349 g/mol. The topological polar surface area (TPSA) is 63.2 Å². The molecule has 2 heterocycles. The quantitative estimate of drug-likeness (QED) is 0.887. The van der Waals surface area contributed by atoms with Gasteiger partial charge in [-0.25, -0.2) is 9.18 Å². The van der Waals surface area contributed by atoms with Crippen LogP contribution in [0.5, 0.6) is 5.75 Å². The van der Waals surface area contributed by atoms with E-state index in [1.807, 2.05) is 20.8 Å². The van der Waals surface area contributed by atoms with Gasteiger partial charge in [-0.1, -0.05) is 0 Å². The van der Waals surface area contributed by atoms with Gasteiger partial charge in [-0.3, -0.25) is 4.99 Å². The van der Waals surface area contributed by atoms with Crippen molar-refractivity contribution < 1.29 is 18.7 Å². The standard InChI is InChI=1S/C18H24FN3O3/c1-18(2,3)25-17(23)22-6-4-13(5-7-22)24-16-9-12(19)8-15-14(16)10-20-11-21-15/h8-9,11,13H,4-7,10H2,1-3H3,(H,20,21). The number of benzene rings is 1. The maximum absolute atomic E-state index is 13.8. The predicted molar refractivity (Wildman–Crippen MR) is 93.7 cm³/mol. The molecule has 0 saturated carbocycles. The number of fused-ring (bicyclic) bond motifs is 1. The Morgan fingerprint density at radius 3 is 2.72 bits per heavy atom. The molecule has 7 heteroatoms. The molecule has 2 aliphatic heterocycles. The van der Waals surface area contributed by atoms with Gasteiger partial charge in [0.25, 0.3) is 0 Å². The Morgan fingerprint density at radius 1 is 1.32 bits per heavy atom.